The first kappa shape index (κ1) is 12.6. The van der Waals surface area contributed by atoms with Crippen molar-refractivity contribution in [2.75, 3.05) is 26.7 Å². The fourth-order valence-corrected chi connectivity index (χ4v) is 2.55. The first-order valence-electron chi connectivity index (χ1n) is 6.69. The van der Waals surface area contributed by atoms with Crippen LogP contribution in [0.1, 0.15) is 29.5 Å². The molecule has 0 saturated carbocycles. The van der Waals surface area contributed by atoms with E-state index in [9.17, 15) is 0 Å². The predicted octanol–water partition coefficient (Wildman–Crippen LogP) is 2.03. The Kier molecular flexibility index (Phi) is 4.57. The van der Waals surface area contributed by atoms with Crippen molar-refractivity contribution in [3.8, 4) is 0 Å². The Bertz CT molecular complexity index is 362. The summed E-state index contributed by atoms with van der Waals surface area (Å²) in [6.07, 6.45) is 5.86. The van der Waals surface area contributed by atoms with Crippen LogP contribution in [-0.2, 0) is 19.3 Å². The zero-order valence-electron chi connectivity index (χ0n) is 10.8. The van der Waals surface area contributed by atoms with Gasteiger partial charge in [-0.05, 0) is 55.8 Å². The van der Waals surface area contributed by atoms with Crippen LogP contribution < -0.4 is 0 Å². The molecule has 1 aliphatic carbocycles. The summed E-state index contributed by atoms with van der Waals surface area (Å²) in [5.41, 5.74) is 4.59. The van der Waals surface area contributed by atoms with Gasteiger partial charge in [0.15, 0.2) is 0 Å². The van der Waals surface area contributed by atoms with Crippen LogP contribution in [0.25, 0.3) is 0 Å². The van der Waals surface area contributed by atoms with Crippen molar-refractivity contribution >= 4 is 0 Å². The van der Waals surface area contributed by atoms with Gasteiger partial charge in [-0.2, -0.15) is 0 Å². The average molecular weight is 233 g/mol. The van der Waals surface area contributed by atoms with Crippen LogP contribution in [0.15, 0.2) is 18.2 Å². The van der Waals surface area contributed by atoms with E-state index >= 15 is 0 Å². The summed E-state index contributed by atoms with van der Waals surface area (Å²) in [6, 6.07) is 6.98. The quantitative estimate of drug-likeness (QED) is 0.812. The number of likely N-dealkylation sites (N-methyl/N-ethyl adjacent to an activating group) is 1. The molecule has 0 aliphatic heterocycles. The zero-order valence-corrected chi connectivity index (χ0v) is 10.8. The van der Waals surface area contributed by atoms with Gasteiger partial charge in [-0.25, -0.2) is 0 Å². The fourth-order valence-electron chi connectivity index (χ4n) is 2.55. The van der Waals surface area contributed by atoms with Crippen molar-refractivity contribution in [3.63, 3.8) is 0 Å². The second kappa shape index (κ2) is 6.18. The molecule has 0 unspecified atom stereocenters. The molecular weight excluding hydrogens is 210 g/mol. The van der Waals surface area contributed by atoms with Crippen molar-refractivity contribution in [1.82, 2.24) is 4.90 Å². The largest absolute Gasteiger partial charge is 0.396 e. The standard InChI is InChI=1S/C15H23NO/c1-16(9-3-11-17)10-8-13-6-7-14-4-2-5-15(14)12-13/h6-7,12,17H,2-5,8-11H2,1H3. The highest BCUT2D eigenvalue weighted by Crippen LogP contribution is 2.22. The normalized spacial score (nSPS) is 14.3. The number of nitrogens with zero attached hydrogens (tertiary/aromatic N) is 1. The predicted molar refractivity (Wildman–Crippen MR) is 71.4 cm³/mol. The highest BCUT2D eigenvalue weighted by atomic mass is 16.3. The molecule has 0 amide bonds. The first-order valence-corrected chi connectivity index (χ1v) is 6.69. The molecule has 1 N–H and O–H groups in total. The summed E-state index contributed by atoms with van der Waals surface area (Å²) in [6.45, 7) is 2.36. The Balaban J connectivity index is 1.83. The van der Waals surface area contributed by atoms with E-state index in [-0.39, 0.29) is 0 Å². The lowest BCUT2D eigenvalue weighted by atomic mass is 10.0. The highest BCUT2D eigenvalue weighted by Gasteiger charge is 2.10. The molecule has 17 heavy (non-hydrogen) atoms. The average Bonchev–Trinajstić information content (AvgIpc) is 2.81. The van der Waals surface area contributed by atoms with Crippen LogP contribution >= 0.6 is 0 Å². The zero-order chi connectivity index (χ0) is 12.1. The molecule has 0 bridgehead atoms. The minimum absolute atomic E-state index is 0.295. The maximum Gasteiger partial charge on any atom is 0.0443 e. The number of aryl methyl sites for hydroxylation is 2. The molecular formula is C15H23NO. The van der Waals surface area contributed by atoms with Crippen LogP contribution in [-0.4, -0.2) is 36.8 Å². The Morgan fingerprint density at radius 2 is 2.00 bits per heavy atom. The maximum absolute atomic E-state index is 8.78. The maximum atomic E-state index is 8.78. The van der Waals surface area contributed by atoms with E-state index in [1.54, 1.807) is 11.1 Å². The molecule has 0 saturated heterocycles. The van der Waals surface area contributed by atoms with Gasteiger partial charge in [-0.3, -0.25) is 0 Å². The molecule has 2 heteroatoms. The summed E-state index contributed by atoms with van der Waals surface area (Å²) in [4.78, 5) is 2.30. The van der Waals surface area contributed by atoms with Crippen molar-refractivity contribution in [1.29, 1.82) is 0 Å². The first-order chi connectivity index (χ1) is 8.29. The molecule has 0 atom stereocenters. The molecule has 1 aliphatic rings. The third kappa shape index (κ3) is 3.55. The molecule has 0 fully saturated rings. The summed E-state index contributed by atoms with van der Waals surface area (Å²) in [5, 5.41) is 8.78. The number of benzene rings is 1. The molecule has 94 valence electrons. The molecule has 1 aromatic carbocycles. The van der Waals surface area contributed by atoms with E-state index in [2.05, 4.69) is 30.1 Å². The summed E-state index contributed by atoms with van der Waals surface area (Å²) in [5.74, 6) is 0. The fraction of sp³-hybridized carbons (Fsp3) is 0.600. The van der Waals surface area contributed by atoms with Crippen LogP contribution in [0.2, 0.25) is 0 Å². The van der Waals surface area contributed by atoms with Crippen LogP contribution in [0.5, 0.6) is 0 Å². The van der Waals surface area contributed by atoms with Crippen molar-refractivity contribution in [3.05, 3.63) is 34.9 Å². The molecule has 0 radical (unpaired) electrons. The molecule has 2 rings (SSSR count). The lowest BCUT2D eigenvalue weighted by Crippen LogP contribution is -2.23. The SMILES string of the molecule is CN(CCCO)CCc1ccc2c(c1)CCC2. The van der Waals surface area contributed by atoms with Crippen molar-refractivity contribution < 1.29 is 5.11 Å². The van der Waals surface area contributed by atoms with E-state index in [1.807, 2.05) is 0 Å². The van der Waals surface area contributed by atoms with Crippen LogP contribution in [0.4, 0.5) is 0 Å². The van der Waals surface area contributed by atoms with E-state index in [0.29, 0.717) is 6.61 Å². The van der Waals surface area contributed by atoms with Gasteiger partial charge in [0.1, 0.15) is 0 Å². The molecule has 2 nitrogen and oxygen atoms in total. The van der Waals surface area contributed by atoms with Gasteiger partial charge in [0.25, 0.3) is 0 Å². The van der Waals surface area contributed by atoms with Gasteiger partial charge < -0.3 is 10.0 Å². The number of fused-ring (bicyclic) bond motifs is 1. The smallest absolute Gasteiger partial charge is 0.0443 e. The number of aliphatic hydroxyl groups is 1. The van der Waals surface area contributed by atoms with Gasteiger partial charge in [0, 0.05) is 19.7 Å². The second-order valence-corrected chi connectivity index (χ2v) is 5.09. The Morgan fingerprint density at radius 1 is 1.18 bits per heavy atom. The summed E-state index contributed by atoms with van der Waals surface area (Å²) in [7, 11) is 2.13. The van der Waals surface area contributed by atoms with E-state index in [4.69, 9.17) is 5.11 Å². The van der Waals surface area contributed by atoms with Gasteiger partial charge in [-0.1, -0.05) is 18.2 Å². The van der Waals surface area contributed by atoms with Crippen LogP contribution in [0, 0.1) is 0 Å². The van der Waals surface area contributed by atoms with E-state index in [1.165, 1.54) is 24.8 Å². The summed E-state index contributed by atoms with van der Waals surface area (Å²) < 4.78 is 0. The third-order valence-corrected chi connectivity index (χ3v) is 3.64. The van der Waals surface area contributed by atoms with Gasteiger partial charge >= 0.3 is 0 Å². The van der Waals surface area contributed by atoms with E-state index < -0.39 is 0 Å². The lowest BCUT2D eigenvalue weighted by Gasteiger charge is -2.16. The third-order valence-electron chi connectivity index (χ3n) is 3.64. The van der Waals surface area contributed by atoms with Gasteiger partial charge in [0.2, 0.25) is 0 Å². The molecule has 0 aromatic heterocycles. The monoisotopic (exact) mass is 233 g/mol. The number of aliphatic hydroxyl groups excluding tert-OH is 1. The topological polar surface area (TPSA) is 23.5 Å². The minimum Gasteiger partial charge on any atom is -0.396 e. The van der Waals surface area contributed by atoms with Crippen molar-refractivity contribution in [2.45, 2.75) is 32.1 Å². The van der Waals surface area contributed by atoms with Gasteiger partial charge in [-0.15, -0.1) is 0 Å². The second-order valence-electron chi connectivity index (χ2n) is 5.09. The minimum atomic E-state index is 0.295. The Labute approximate surface area is 104 Å². The lowest BCUT2D eigenvalue weighted by molar-refractivity contribution is 0.248. The molecule has 1 aromatic rings. The van der Waals surface area contributed by atoms with Gasteiger partial charge in [0.05, 0.1) is 0 Å². The highest BCUT2D eigenvalue weighted by molar-refractivity contribution is 5.35. The molecule has 0 heterocycles. The van der Waals surface area contributed by atoms with Crippen LogP contribution in [0.3, 0.4) is 0 Å². The number of hydrogen-bond acceptors (Lipinski definition) is 2. The van der Waals surface area contributed by atoms with E-state index in [0.717, 1.165) is 25.9 Å². The Morgan fingerprint density at radius 3 is 2.82 bits per heavy atom. The number of hydrogen-bond donors (Lipinski definition) is 1. The van der Waals surface area contributed by atoms with Crippen molar-refractivity contribution in [2.24, 2.45) is 0 Å². The molecule has 0 spiro atoms. The number of rotatable bonds is 6. The summed E-state index contributed by atoms with van der Waals surface area (Å²) >= 11 is 0. The Hall–Kier alpha value is -0.860.